The molecule has 4 aliphatic rings. The molecule has 4 heterocycles. The van der Waals surface area contributed by atoms with E-state index in [-0.39, 0.29) is 55.2 Å². The molecule has 4 N–H and O–H groups in total. The second-order valence-electron chi connectivity index (χ2n) is 13.5. The minimum absolute atomic E-state index is 0.00420. The number of carbonyl (C=O) groups is 4. The summed E-state index contributed by atoms with van der Waals surface area (Å²) in [6.07, 6.45) is 3.84. The van der Waals surface area contributed by atoms with E-state index in [0.717, 1.165) is 32.2 Å². The molecule has 3 saturated heterocycles. The second kappa shape index (κ2) is 13.5. The van der Waals surface area contributed by atoms with Gasteiger partial charge in [-0.1, -0.05) is 6.92 Å². The summed E-state index contributed by atoms with van der Waals surface area (Å²) in [6, 6.07) is 4.89. The van der Waals surface area contributed by atoms with E-state index in [1.807, 2.05) is 26.1 Å². The van der Waals surface area contributed by atoms with Gasteiger partial charge in [0.1, 0.15) is 0 Å². The van der Waals surface area contributed by atoms with E-state index in [9.17, 15) is 29.1 Å². The molecule has 0 unspecified atom stereocenters. The normalized spacial score (nSPS) is 29.5. The van der Waals surface area contributed by atoms with Gasteiger partial charge in [0.05, 0.1) is 44.0 Å². The molecule has 6 atom stereocenters. The molecule has 3 fully saturated rings. The Hall–Kier alpha value is -2.84. The second-order valence-corrected chi connectivity index (χ2v) is 17.5. The zero-order chi connectivity index (χ0) is 32.5. The number of carbonyl (C=O) groups excluding carboxylic acids is 4. The molecule has 4 aliphatic heterocycles. The van der Waals surface area contributed by atoms with Crippen molar-refractivity contribution in [2.75, 3.05) is 43.6 Å². The number of unbranched alkanes of at least 4 members (excludes halogenated alkanes) is 1. The van der Waals surface area contributed by atoms with Gasteiger partial charge in [0.2, 0.25) is 11.8 Å². The van der Waals surface area contributed by atoms with Gasteiger partial charge < -0.3 is 39.8 Å². The van der Waals surface area contributed by atoms with Crippen LogP contribution in [-0.2, 0) is 34.3 Å². The average Bonchev–Trinajstić information content (AvgIpc) is 3.79. The van der Waals surface area contributed by atoms with Crippen molar-refractivity contribution in [1.82, 2.24) is 10.2 Å². The highest BCUT2D eigenvalue weighted by molar-refractivity contribution is 6.71. The number of fused-ring (bicyclic) bond motifs is 2. The SMILES string of the molecule is COC(=O)CCCCN1C(=O)[C@]2(O[C@H](CC(=O)N3CCC[C@H]3CO)[C@@H]([Si](C)(C)O)[C@@H]2C)c2cc(NC(=O)[C@H]3CCCN3)ccc21. The van der Waals surface area contributed by atoms with Crippen LogP contribution in [0.2, 0.25) is 18.6 Å². The van der Waals surface area contributed by atoms with E-state index in [0.29, 0.717) is 42.9 Å². The van der Waals surface area contributed by atoms with Crippen LogP contribution in [0.5, 0.6) is 0 Å². The molecule has 1 spiro atoms. The predicted molar refractivity (Wildman–Crippen MR) is 170 cm³/mol. The van der Waals surface area contributed by atoms with Crippen molar-refractivity contribution >= 4 is 43.4 Å². The highest BCUT2D eigenvalue weighted by Crippen LogP contribution is 2.60. The number of benzene rings is 1. The van der Waals surface area contributed by atoms with Crippen LogP contribution in [0.1, 0.15) is 63.9 Å². The van der Waals surface area contributed by atoms with Gasteiger partial charge in [0.15, 0.2) is 13.9 Å². The quantitative estimate of drug-likeness (QED) is 0.161. The molecule has 0 bridgehead atoms. The van der Waals surface area contributed by atoms with Crippen LogP contribution < -0.4 is 15.5 Å². The summed E-state index contributed by atoms with van der Waals surface area (Å²) in [5.74, 6) is -1.34. The summed E-state index contributed by atoms with van der Waals surface area (Å²) in [6.45, 7) is 7.13. The zero-order valence-electron chi connectivity index (χ0n) is 26.8. The Kier molecular flexibility index (Phi) is 10.0. The number of methoxy groups -OCH3 is 1. The molecule has 12 nitrogen and oxygen atoms in total. The fourth-order valence-electron chi connectivity index (χ4n) is 8.00. The highest BCUT2D eigenvalue weighted by Gasteiger charge is 2.66. The Balaban J connectivity index is 1.49. The number of hydrogen-bond acceptors (Lipinski definition) is 9. The average molecular weight is 645 g/mol. The number of likely N-dealkylation sites (tertiary alicyclic amines) is 1. The summed E-state index contributed by atoms with van der Waals surface area (Å²) in [5, 5.41) is 16.0. The minimum Gasteiger partial charge on any atom is -0.469 e. The Labute approximate surface area is 265 Å². The van der Waals surface area contributed by atoms with Crippen LogP contribution in [0.25, 0.3) is 0 Å². The Morgan fingerprint density at radius 3 is 2.64 bits per heavy atom. The molecular formula is C32H48N4O8Si. The van der Waals surface area contributed by atoms with E-state index in [4.69, 9.17) is 9.47 Å². The molecule has 45 heavy (non-hydrogen) atoms. The molecule has 13 heteroatoms. The number of esters is 1. The first-order valence-electron chi connectivity index (χ1n) is 16.3. The molecular weight excluding hydrogens is 596 g/mol. The number of ether oxygens (including phenoxy) is 2. The number of nitrogens with one attached hydrogen (secondary N) is 2. The summed E-state index contributed by atoms with van der Waals surface area (Å²) in [7, 11) is -1.65. The van der Waals surface area contributed by atoms with E-state index >= 15 is 0 Å². The largest absolute Gasteiger partial charge is 0.469 e. The third kappa shape index (κ3) is 6.42. The topological polar surface area (TPSA) is 158 Å². The Morgan fingerprint density at radius 1 is 1.20 bits per heavy atom. The third-order valence-corrected chi connectivity index (χ3v) is 12.7. The molecule has 3 amide bonds. The standard InChI is InChI=1S/C32H48N4O8Si/c1-20-29(45(3,4)42)26(18-27(38)35-16-8-9-22(35)19-37)44-32(20)23-17-21(34-30(40)24-10-7-14-33-24)12-13-25(23)36(31(32)41)15-6-5-11-28(39)43-2/h12-13,17,20,22,24,26,29,33,37,42H,5-11,14-16,18-19H2,1-4H3,(H,34,40)/t20-,22-,24+,26+,29-,32+/m0/s1. The summed E-state index contributed by atoms with van der Waals surface area (Å²) < 4.78 is 11.6. The van der Waals surface area contributed by atoms with E-state index < -0.39 is 31.5 Å². The first-order valence-corrected chi connectivity index (χ1v) is 19.3. The van der Waals surface area contributed by atoms with Crippen molar-refractivity contribution in [3.63, 3.8) is 0 Å². The van der Waals surface area contributed by atoms with Gasteiger partial charge in [-0.3, -0.25) is 19.2 Å². The Morgan fingerprint density at radius 2 is 1.98 bits per heavy atom. The summed E-state index contributed by atoms with van der Waals surface area (Å²) in [4.78, 5) is 67.9. The lowest BCUT2D eigenvalue weighted by atomic mass is 9.82. The molecule has 0 saturated carbocycles. The number of amides is 3. The maximum atomic E-state index is 14.6. The zero-order valence-corrected chi connectivity index (χ0v) is 27.8. The van der Waals surface area contributed by atoms with Gasteiger partial charge in [0.25, 0.3) is 5.91 Å². The molecule has 0 radical (unpaired) electrons. The lowest BCUT2D eigenvalue weighted by Gasteiger charge is -2.33. The van der Waals surface area contributed by atoms with E-state index in [1.165, 1.54) is 7.11 Å². The number of aliphatic hydroxyl groups excluding tert-OH is 1. The number of aliphatic hydroxyl groups is 1. The van der Waals surface area contributed by atoms with Crippen molar-refractivity contribution in [2.45, 2.75) is 101 Å². The highest BCUT2D eigenvalue weighted by atomic mass is 28.4. The first kappa shape index (κ1) is 33.5. The minimum atomic E-state index is -3.00. The molecule has 1 aromatic carbocycles. The maximum Gasteiger partial charge on any atom is 0.305 e. The van der Waals surface area contributed by atoms with Crippen LogP contribution in [0.15, 0.2) is 18.2 Å². The van der Waals surface area contributed by atoms with Gasteiger partial charge in [-0.2, -0.15) is 0 Å². The summed E-state index contributed by atoms with van der Waals surface area (Å²) in [5.41, 5.74) is -0.0904. The number of anilines is 2. The smallest absolute Gasteiger partial charge is 0.305 e. The number of nitrogens with zero attached hydrogens (tertiary/aromatic N) is 2. The lowest BCUT2D eigenvalue weighted by Crippen LogP contribution is -2.46. The predicted octanol–water partition coefficient (Wildman–Crippen LogP) is 2.24. The van der Waals surface area contributed by atoms with Crippen molar-refractivity contribution in [2.24, 2.45) is 5.92 Å². The van der Waals surface area contributed by atoms with Crippen molar-refractivity contribution < 1.29 is 38.6 Å². The van der Waals surface area contributed by atoms with Crippen LogP contribution in [0.4, 0.5) is 11.4 Å². The fraction of sp³-hybridized carbons (Fsp3) is 0.688. The number of rotatable bonds is 11. The van der Waals surface area contributed by atoms with Crippen molar-refractivity contribution in [1.29, 1.82) is 0 Å². The molecule has 5 rings (SSSR count). The number of hydrogen-bond donors (Lipinski definition) is 4. The van der Waals surface area contributed by atoms with Gasteiger partial charge in [0, 0.05) is 42.2 Å². The molecule has 0 aromatic heterocycles. The van der Waals surface area contributed by atoms with Gasteiger partial charge in [-0.25, -0.2) is 0 Å². The van der Waals surface area contributed by atoms with Crippen LogP contribution in [-0.4, -0.2) is 98.3 Å². The van der Waals surface area contributed by atoms with Gasteiger partial charge in [-0.15, -0.1) is 0 Å². The molecule has 1 aromatic rings. The maximum absolute atomic E-state index is 14.6. The summed E-state index contributed by atoms with van der Waals surface area (Å²) >= 11 is 0. The third-order valence-electron chi connectivity index (χ3n) is 10.2. The van der Waals surface area contributed by atoms with Crippen LogP contribution in [0.3, 0.4) is 0 Å². The van der Waals surface area contributed by atoms with Crippen molar-refractivity contribution in [3.05, 3.63) is 23.8 Å². The van der Waals surface area contributed by atoms with E-state index in [2.05, 4.69) is 10.6 Å². The van der Waals surface area contributed by atoms with Gasteiger partial charge in [-0.05, 0) is 76.4 Å². The fourth-order valence-corrected chi connectivity index (χ4v) is 10.6. The lowest BCUT2D eigenvalue weighted by molar-refractivity contribution is -0.150. The van der Waals surface area contributed by atoms with Crippen LogP contribution >= 0.6 is 0 Å². The first-order chi connectivity index (χ1) is 21.4. The Bertz CT molecular complexity index is 1300. The van der Waals surface area contributed by atoms with Crippen LogP contribution in [0, 0.1) is 5.92 Å². The molecule has 248 valence electrons. The van der Waals surface area contributed by atoms with Gasteiger partial charge >= 0.3 is 5.97 Å². The van der Waals surface area contributed by atoms with E-state index in [1.54, 1.807) is 21.9 Å². The van der Waals surface area contributed by atoms with Crippen molar-refractivity contribution in [3.8, 4) is 0 Å². The molecule has 0 aliphatic carbocycles. The monoisotopic (exact) mass is 644 g/mol.